The first kappa shape index (κ1) is 12.7. The van der Waals surface area contributed by atoms with E-state index >= 15 is 0 Å². The van der Waals surface area contributed by atoms with Gasteiger partial charge in [0.05, 0.1) is 0 Å². The van der Waals surface area contributed by atoms with E-state index < -0.39 is 17.7 Å². The lowest BCUT2D eigenvalue weighted by Gasteiger charge is -1.93. The molecule has 68 valence electrons. The molecule has 0 bridgehead atoms. The van der Waals surface area contributed by atoms with E-state index in [9.17, 15) is 26.6 Å². The molecule has 0 fully saturated rings. The summed E-state index contributed by atoms with van der Waals surface area (Å²) in [6.07, 6.45) is -5.08. The molecular weight excluding hydrogens is 184 g/mol. The summed E-state index contributed by atoms with van der Waals surface area (Å²) in [5.41, 5.74) is -2.50. The second kappa shape index (κ2) is 4.77. The highest BCUT2D eigenvalue weighted by molar-refractivity contribution is 5.73. The van der Waals surface area contributed by atoms with Gasteiger partial charge in [-0.05, 0) is 0 Å². The smallest absolute Gasteiger partial charge is 0.475 e. The standard InChI is InChI=1S/C2HF3O2.F3N/c3-2(4,5)1(6)7;1-4(2)3/h(H,6,7);. The molecule has 0 rings (SSSR count). The zero-order valence-electron chi connectivity index (χ0n) is 4.57. The number of halogens is 6. The van der Waals surface area contributed by atoms with E-state index in [0.29, 0.717) is 0 Å². The number of carboxylic acids is 1. The van der Waals surface area contributed by atoms with Crippen LogP contribution in [0.15, 0.2) is 0 Å². The number of hydrogen-bond acceptors (Lipinski definition) is 2. The van der Waals surface area contributed by atoms with Crippen LogP contribution in [0.5, 0.6) is 0 Å². The van der Waals surface area contributed by atoms with E-state index in [0.717, 1.165) is 0 Å². The second-order valence-corrected chi connectivity index (χ2v) is 0.995. The van der Waals surface area contributed by atoms with Gasteiger partial charge in [-0.15, -0.1) is 0 Å². The summed E-state index contributed by atoms with van der Waals surface area (Å²) in [5.74, 6) is -2.76. The largest absolute Gasteiger partial charge is 0.490 e. The molecule has 0 aliphatic heterocycles. The van der Waals surface area contributed by atoms with Crippen molar-refractivity contribution in [3.63, 3.8) is 0 Å². The van der Waals surface area contributed by atoms with Gasteiger partial charge in [0.15, 0.2) is 5.57 Å². The van der Waals surface area contributed by atoms with Crippen molar-refractivity contribution < 1.29 is 36.5 Å². The molecule has 11 heavy (non-hydrogen) atoms. The number of carboxylic acid groups (broad SMARTS) is 1. The van der Waals surface area contributed by atoms with Gasteiger partial charge in [-0.25, -0.2) is 4.79 Å². The summed E-state index contributed by atoms with van der Waals surface area (Å²) in [5, 5.41) is 7.12. The zero-order valence-corrected chi connectivity index (χ0v) is 4.57. The molecule has 0 heterocycles. The minimum atomic E-state index is -5.08. The lowest BCUT2D eigenvalue weighted by Crippen LogP contribution is -2.21. The Morgan fingerprint density at radius 3 is 1.27 bits per heavy atom. The number of carbonyl (C=O) groups is 1. The Kier molecular flexibility index (Phi) is 5.49. The third-order valence-corrected chi connectivity index (χ3v) is 0.243. The van der Waals surface area contributed by atoms with Gasteiger partial charge < -0.3 is 5.11 Å². The quantitative estimate of drug-likeness (QED) is 0.460. The van der Waals surface area contributed by atoms with E-state index in [4.69, 9.17) is 9.90 Å². The maximum absolute atomic E-state index is 10.6. The van der Waals surface area contributed by atoms with Crippen molar-refractivity contribution in [2.45, 2.75) is 6.18 Å². The van der Waals surface area contributed by atoms with Gasteiger partial charge in [0.25, 0.3) is 0 Å². The monoisotopic (exact) mass is 185 g/mol. The summed E-state index contributed by atoms with van der Waals surface area (Å²) in [7, 11) is 0. The van der Waals surface area contributed by atoms with Crippen LogP contribution in [0.3, 0.4) is 0 Å². The summed E-state index contributed by atoms with van der Waals surface area (Å²) >= 11 is 0. The predicted octanol–water partition coefficient (Wildman–Crippen LogP) is 1.58. The fourth-order valence-electron chi connectivity index (χ4n) is 0. The maximum atomic E-state index is 10.6. The van der Waals surface area contributed by atoms with Crippen LogP contribution in [0, 0.1) is 0 Å². The van der Waals surface area contributed by atoms with Crippen molar-refractivity contribution in [1.29, 1.82) is 0 Å². The minimum absolute atomic E-state index is 2.50. The highest BCUT2D eigenvalue weighted by atomic mass is 19.5. The van der Waals surface area contributed by atoms with Crippen molar-refractivity contribution in [2.24, 2.45) is 0 Å². The SMILES string of the molecule is FN(F)F.O=C(O)C(F)(F)F. The Morgan fingerprint density at radius 1 is 1.18 bits per heavy atom. The first-order chi connectivity index (χ1) is 4.68. The molecule has 0 atom stereocenters. The molecule has 0 amide bonds. The number of rotatable bonds is 0. The molecular formula is C2HF6NO2. The van der Waals surface area contributed by atoms with Crippen molar-refractivity contribution >= 4 is 5.97 Å². The number of alkyl halides is 3. The van der Waals surface area contributed by atoms with Crippen molar-refractivity contribution in [2.75, 3.05) is 0 Å². The lowest BCUT2D eigenvalue weighted by atomic mass is 10.7. The zero-order chi connectivity index (χ0) is 9.65. The number of nitrogens with zero attached hydrogens (tertiary/aromatic N) is 1. The molecule has 0 aliphatic carbocycles. The van der Waals surface area contributed by atoms with Crippen LogP contribution >= 0.6 is 0 Å². The summed E-state index contributed by atoms with van der Waals surface area (Å²) in [6.45, 7) is 0. The molecule has 0 aromatic heterocycles. The minimum Gasteiger partial charge on any atom is -0.475 e. The Morgan fingerprint density at radius 2 is 1.27 bits per heavy atom. The van der Waals surface area contributed by atoms with Gasteiger partial charge in [0, 0.05) is 0 Å². The number of aliphatic carboxylic acids is 1. The van der Waals surface area contributed by atoms with E-state index in [1.807, 2.05) is 0 Å². The van der Waals surface area contributed by atoms with Crippen LogP contribution < -0.4 is 0 Å². The fraction of sp³-hybridized carbons (Fsp3) is 0.500. The topological polar surface area (TPSA) is 40.5 Å². The van der Waals surface area contributed by atoms with E-state index in [-0.39, 0.29) is 0 Å². The normalized spacial score (nSPS) is 10.5. The average molecular weight is 185 g/mol. The van der Waals surface area contributed by atoms with E-state index in [1.54, 1.807) is 0 Å². The summed E-state index contributed by atoms with van der Waals surface area (Å²) in [4.78, 5) is 8.90. The van der Waals surface area contributed by atoms with Crippen LogP contribution in [0.2, 0.25) is 0 Å². The van der Waals surface area contributed by atoms with Crippen molar-refractivity contribution in [1.82, 2.24) is 5.57 Å². The molecule has 0 saturated carbocycles. The molecule has 0 saturated heterocycles. The highest BCUT2D eigenvalue weighted by Gasteiger charge is 2.38. The van der Waals surface area contributed by atoms with E-state index in [2.05, 4.69) is 0 Å². The Bertz CT molecular complexity index is 117. The lowest BCUT2D eigenvalue weighted by molar-refractivity contribution is -0.295. The van der Waals surface area contributed by atoms with Crippen LogP contribution in [0.4, 0.5) is 26.6 Å². The molecule has 0 aromatic carbocycles. The molecule has 9 heteroatoms. The molecule has 1 N–H and O–H groups in total. The maximum Gasteiger partial charge on any atom is 0.490 e. The molecule has 0 radical (unpaired) electrons. The van der Waals surface area contributed by atoms with Crippen LogP contribution in [0.25, 0.3) is 0 Å². The Balaban J connectivity index is 0. The van der Waals surface area contributed by atoms with Gasteiger partial charge in [0.1, 0.15) is 0 Å². The Labute approximate surface area is 55.6 Å². The summed E-state index contributed by atoms with van der Waals surface area (Å²) in [6, 6.07) is 0. The van der Waals surface area contributed by atoms with Gasteiger partial charge in [-0.2, -0.15) is 13.2 Å². The first-order valence-corrected chi connectivity index (χ1v) is 1.75. The fourth-order valence-corrected chi connectivity index (χ4v) is 0. The summed E-state index contributed by atoms with van der Waals surface area (Å²) < 4.78 is 60.2. The molecule has 0 aliphatic rings. The third kappa shape index (κ3) is 17.6. The van der Waals surface area contributed by atoms with Gasteiger partial charge in [-0.3, -0.25) is 0 Å². The number of hydrogen-bond donors (Lipinski definition) is 1. The highest BCUT2D eigenvalue weighted by Crippen LogP contribution is 2.13. The molecule has 0 unspecified atom stereocenters. The van der Waals surface area contributed by atoms with Gasteiger partial charge in [-0.1, -0.05) is 13.4 Å². The van der Waals surface area contributed by atoms with Gasteiger partial charge in [0.2, 0.25) is 0 Å². The van der Waals surface area contributed by atoms with Gasteiger partial charge >= 0.3 is 12.1 Å². The first-order valence-electron chi connectivity index (χ1n) is 1.75. The second-order valence-electron chi connectivity index (χ2n) is 0.995. The average Bonchev–Trinajstić information content (AvgIpc) is 1.59. The van der Waals surface area contributed by atoms with Crippen LogP contribution in [0.1, 0.15) is 0 Å². The molecule has 0 aromatic rings. The van der Waals surface area contributed by atoms with Crippen LogP contribution in [-0.4, -0.2) is 22.8 Å². The third-order valence-electron chi connectivity index (χ3n) is 0.243. The molecule has 3 nitrogen and oxygen atoms in total. The Hall–Kier alpha value is -0.990. The molecule has 0 spiro atoms. The van der Waals surface area contributed by atoms with E-state index in [1.165, 1.54) is 0 Å². The predicted molar refractivity (Wildman–Crippen MR) is 18.9 cm³/mol. The van der Waals surface area contributed by atoms with Crippen molar-refractivity contribution in [3.8, 4) is 0 Å². The van der Waals surface area contributed by atoms with Crippen LogP contribution in [-0.2, 0) is 4.79 Å². The van der Waals surface area contributed by atoms with Crippen molar-refractivity contribution in [3.05, 3.63) is 0 Å².